The molecular weight excluding hydrogens is 248 g/mol. The second kappa shape index (κ2) is 5.00. The highest BCUT2D eigenvalue weighted by Gasteiger charge is 2.43. The van der Waals surface area contributed by atoms with Crippen molar-refractivity contribution in [1.29, 1.82) is 0 Å². The maximum Gasteiger partial charge on any atom is 0.228 e. The molecular formula is C17H18N2O. The fraction of sp³-hybridized carbons (Fsp3) is 0.235. The first-order valence-electron chi connectivity index (χ1n) is 6.87. The van der Waals surface area contributed by atoms with Gasteiger partial charge in [0.1, 0.15) is 0 Å². The summed E-state index contributed by atoms with van der Waals surface area (Å²) in [5.74, 6) is 0.484. The quantitative estimate of drug-likeness (QED) is 0.837. The third-order valence-corrected chi connectivity index (χ3v) is 3.91. The van der Waals surface area contributed by atoms with Crippen LogP contribution >= 0.6 is 0 Å². The second-order valence-corrected chi connectivity index (χ2v) is 5.39. The summed E-state index contributed by atoms with van der Waals surface area (Å²) < 4.78 is 0. The van der Waals surface area contributed by atoms with Gasteiger partial charge in [0.15, 0.2) is 0 Å². The molecule has 20 heavy (non-hydrogen) atoms. The summed E-state index contributed by atoms with van der Waals surface area (Å²) in [6.07, 6.45) is 0.918. The maximum atomic E-state index is 12.3. The lowest BCUT2D eigenvalue weighted by Crippen LogP contribution is -2.16. The van der Waals surface area contributed by atoms with E-state index in [1.807, 2.05) is 43.3 Å². The van der Waals surface area contributed by atoms with Crippen LogP contribution in [0.4, 0.5) is 11.4 Å². The number of nitrogens with one attached hydrogen (secondary N) is 1. The third kappa shape index (κ3) is 2.39. The second-order valence-electron chi connectivity index (χ2n) is 5.39. The molecule has 0 saturated heterocycles. The van der Waals surface area contributed by atoms with E-state index in [-0.39, 0.29) is 11.8 Å². The number of hydrogen-bond donors (Lipinski definition) is 2. The van der Waals surface area contributed by atoms with Crippen LogP contribution in [-0.2, 0) is 4.79 Å². The van der Waals surface area contributed by atoms with Crippen molar-refractivity contribution in [3.63, 3.8) is 0 Å². The number of rotatable bonds is 3. The highest BCUT2D eigenvalue weighted by Crippen LogP contribution is 2.48. The standard InChI is InChI=1S/C17H18N2O/c1-11-6-5-9-15(18)16(11)19-17(20)14-10-13(14)12-7-3-2-4-8-12/h2-9,13-14H,10,18H2,1H3,(H,19,20). The zero-order chi connectivity index (χ0) is 14.1. The van der Waals surface area contributed by atoms with Gasteiger partial charge in [0.25, 0.3) is 0 Å². The molecule has 1 aliphatic rings. The average molecular weight is 266 g/mol. The number of carbonyl (C=O) groups excluding carboxylic acids is 1. The summed E-state index contributed by atoms with van der Waals surface area (Å²) in [5.41, 5.74) is 9.53. The number of hydrogen-bond acceptors (Lipinski definition) is 2. The van der Waals surface area contributed by atoms with Crippen LogP contribution in [0, 0.1) is 12.8 Å². The van der Waals surface area contributed by atoms with Crippen LogP contribution in [0.5, 0.6) is 0 Å². The Hall–Kier alpha value is -2.29. The topological polar surface area (TPSA) is 55.1 Å². The minimum atomic E-state index is 0.0661. The predicted octanol–water partition coefficient (Wildman–Crippen LogP) is 3.32. The van der Waals surface area contributed by atoms with E-state index in [0.29, 0.717) is 11.6 Å². The number of nitrogens with two attached hydrogens (primary N) is 1. The summed E-state index contributed by atoms with van der Waals surface area (Å²) in [7, 11) is 0. The first kappa shape index (κ1) is 12.7. The smallest absolute Gasteiger partial charge is 0.228 e. The van der Waals surface area contributed by atoms with Crippen molar-refractivity contribution in [2.75, 3.05) is 11.1 Å². The Morgan fingerprint density at radius 1 is 1.15 bits per heavy atom. The average Bonchev–Trinajstić information content (AvgIpc) is 3.24. The van der Waals surface area contributed by atoms with Crippen molar-refractivity contribution in [2.45, 2.75) is 19.3 Å². The maximum absolute atomic E-state index is 12.3. The molecule has 2 aromatic carbocycles. The van der Waals surface area contributed by atoms with E-state index in [1.165, 1.54) is 5.56 Å². The fourth-order valence-electron chi connectivity index (χ4n) is 2.63. The molecule has 3 rings (SSSR count). The number of carbonyl (C=O) groups is 1. The van der Waals surface area contributed by atoms with Crippen molar-refractivity contribution < 1.29 is 4.79 Å². The molecule has 3 N–H and O–H groups in total. The first-order chi connectivity index (χ1) is 9.66. The molecule has 0 bridgehead atoms. The molecule has 1 fully saturated rings. The van der Waals surface area contributed by atoms with Crippen molar-refractivity contribution >= 4 is 17.3 Å². The van der Waals surface area contributed by atoms with E-state index in [2.05, 4.69) is 17.4 Å². The summed E-state index contributed by atoms with van der Waals surface area (Å²) in [6, 6.07) is 15.8. The summed E-state index contributed by atoms with van der Waals surface area (Å²) in [6.45, 7) is 1.95. The molecule has 1 amide bonds. The zero-order valence-electron chi connectivity index (χ0n) is 11.5. The van der Waals surface area contributed by atoms with E-state index in [0.717, 1.165) is 17.7 Å². The highest BCUT2D eigenvalue weighted by atomic mass is 16.2. The Kier molecular flexibility index (Phi) is 3.18. The van der Waals surface area contributed by atoms with Gasteiger partial charge in [-0.05, 0) is 36.5 Å². The molecule has 1 aliphatic carbocycles. The van der Waals surface area contributed by atoms with Gasteiger partial charge >= 0.3 is 0 Å². The van der Waals surface area contributed by atoms with Crippen molar-refractivity contribution in [1.82, 2.24) is 0 Å². The van der Waals surface area contributed by atoms with Gasteiger partial charge in [0.05, 0.1) is 11.4 Å². The van der Waals surface area contributed by atoms with Crippen LogP contribution in [0.2, 0.25) is 0 Å². The van der Waals surface area contributed by atoms with Crippen LogP contribution in [0.3, 0.4) is 0 Å². The number of para-hydroxylation sites is 1. The first-order valence-corrected chi connectivity index (χ1v) is 6.87. The van der Waals surface area contributed by atoms with Crippen LogP contribution in [0.25, 0.3) is 0 Å². The number of nitrogen functional groups attached to an aromatic ring is 1. The SMILES string of the molecule is Cc1cccc(N)c1NC(=O)C1CC1c1ccccc1. The highest BCUT2D eigenvalue weighted by molar-refractivity contribution is 5.98. The lowest BCUT2D eigenvalue weighted by Gasteiger charge is -2.11. The number of benzene rings is 2. The van der Waals surface area contributed by atoms with Gasteiger partial charge in [-0.2, -0.15) is 0 Å². The Balaban J connectivity index is 1.70. The van der Waals surface area contributed by atoms with Gasteiger partial charge in [-0.1, -0.05) is 42.5 Å². The normalized spacial score (nSPS) is 20.4. The van der Waals surface area contributed by atoms with Crippen LogP contribution in [0.1, 0.15) is 23.5 Å². The Labute approximate surface area is 118 Å². The molecule has 102 valence electrons. The van der Waals surface area contributed by atoms with Gasteiger partial charge in [-0.25, -0.2) is 0 Å². The molecule has 2 unspecified atom stereocenters. The van der Waals surface area contributed by atoms with Gasteiger partial charge < -0.3 is 11.1 Å². The van der Waals surface area contributed by atoms with Gasteiger partial charge in [-0.3, -0.25) is 4.79 Å². The largest absolute Gasteiger partial charge is 0.397 e. The van der Waals surface area contributed by atoms with E-state index in [9.17, 15) is 4.79 Å². The molecule has 0 heterocycles. The van der Waals surface area contributed by atoms with E-state index < -0.39 is 0 Å². The van der Waals surface area contributed by atoms with Crippen LogP contribution < -0.4 is 11.1 Å². The minimum Gasteiger partial charge on any atom is -0.397 e. The Morgan fingerprint density at radius 2 is 1.90 bits per heavy atom. The molecule has 3 nitrogen and oxygen atoms in total. The van der Waals surface area contributed by atoms with E-state index in [4.69, 9.17) is 5.73 Å². The Morgan fingerprint density at radius 3 is 2.60 bits per heavy atom. The summed E-state index contributed by atoms with van der Waals surface area (Å²) in [5, 5.41) is 2.98. The zero-order valence-corrected chi connectivity index (χ0v) is 11.5. The van der Waals surface area contributed by atoms with Crippen molar-refractivity contribution in [2.24, 2.45) is 5.92 Å². The minimum absolute atomic E-state index is 0.0661. The number of anilines is 2. The van der Waals surface area contributed by atoms with Crippen molar-refractivity contribution in [3.8, 4) is 0 Å². The molecule has 0 aromatic heterocycles. The monoisotopic (exact) mass is 266 g/mol. The molecule has 0 radical (unpaired) electrons. The fourth-order valence-corrected chi connectivity index (χ4v) is 2.63. The van der Waals surface area contributed by atoms with Crippen LogP contribution in [-0.4, -0.2) is 5.91 Å². The van der Waals surface area contributed by atoms with E-state index >= 15 is 0 Å². The van der Waals surface area contributed by atoms with Gasteiger partial charge in [0, 0.05) is 5.92 Å². The molecule has 0 aliphatic heterocycles. The predicted molar refractivity (Wildman–Crippen MR) is 81.5 cm³/mol. The van der Waals surface area contributed by atoms with E-state index in [1.54, 1.807) is 0 Å². The van der Waals surface area contributed by atoms with Crippen molar-refractivity contribution in [3.05, 3.63) is 59.7 Å². The molecule has 2 aromatic rings. The lowest BCUT2D eigenvalue weighted by molar-refractivity contribution is -0.117. The van der Waals surface area contributed by atoms with Gasteiger partial charge in [-0.15, -0.1) is 0 Å². The lowest BCUT2D eigenvalue weighted by atomic mass is 10.1. The molecule has 1 saturated carbocycles. The van der Waals surface area contributed by atoms with Crippen LogP contribution in [0.15, 0.2) is 48.5 Å². The Bertz CT molecular complexity index is 616. The summed E-state index contributed by atoms with van der Waals surface area (Å²) in [4.78, 5) is 12.3. The molecule has 0 spiro atoms. The molecule has 3 heteroatoms. The summed E-state index contributed by atoms with van der Waals surface area (Å²) >= 11 is 0. The molecule has 2 atom stereocenters. The van der Waals surface area contributed by atoms with Gasteiger partial charge in [0.2, 0.25) is 5.91 Å². The number of aryl methyl sites for hydroxylation is 1. The third-order valence-electron chi connectivity index (χ3n) is 3.91. The number of amides is 1.